The zero-order valence-electron chi connectivity index (χ0n) is 10.7. The number of hydrogen-bond donors (Lipinski definition) is 0. The smallest absolute Gasteiger partial charge is 0.262 e. The van der Waals surface area contributed by atoms with Crippen LogP contribution < -0.4 is 0 Å². The first-order chi connectivity index (χ1) is 9.25. The molecule has 0 amide bonds. The van der Waals surface area contributed by atoms with Gasteiger partial charge in [-0.15, -0.1) is 11.3 Å². The van der Waals surface area contributed by atoms with E-state index in [0.29, 0.717) is 0 Å². The first kappa shape index (κ1) is 13.1. The van der Waals surface area contributed by atoms with Crippen molar-refractivity contribution < 1.29 is 4.79 Å². The van der Waals surface area contributed by atoms with Crippen LogP contribution in [-0.2, 0) is 6.42 Å². The summed E-state index contributed by atoms with van der Waals surface area (Å²) in [7, 11) is 0. The lowest BCUT2D eigenvalue weighted by molar-refractivity contribution is 0.108. The number of rotatable bonds is 4. The average molecular weight is 294 g/mol. The van der Waals surface area contributed by atoms with Crippen molar-refractivity contribution in [2.45, 2.75) is 19.3 Å². The molecule has 2 nitrogen and oxygen atoms in total. The topological polar surface area (TPSA) is 20.3 Å². The van der Waals surface area contributed by atoms with Crippen molar-refractivity contribution in [2.75, 3.05) is 19.6 Å². The van der Waals surface area contributed by atoms with Crippen molar-refractivity contribution in [3.8, 4) is 0 Å². The molecule has 0 saturated carbocycles. The zero-order chi connectivity index (χ0) is 13.2. The molecule has 1 aliphatic heterocycles. The van der Waals surface area contributed by atoms with Gasteiger partial charge in [-0.2, -0.15) is 0 Å². The lowest BCUT2D eigenvalue weighted by Crippen LogP contribution is -2.22. The Hall–Kier alpha value is -0.900. The Morgan fingerprint density at radius 2 is 2.00 bits per heavy atom. The molecule has 2 heterocycles. The second kappa shape index (κ2) is 5.61. The van der Waals surface area contributed by atoms with E-state index in [1.165, 1.54) is 42.7 Å². The van der Waals surface area contributed by atoms with Crippen LogP contribution in [0.4, 0.5) is 0 Å². The quantitative estimate of drug-likeness (QED) is 0.796. The lowest BCUT2D eigenvalue weighted by atomic mass is 10.1. The van der Waals surface area contributed by atoms with E-state index in [0.717, 1.165) is 28.1 Å². The fourth-order valence-electron chi connectivity index (χ4n) is 2.78. The van der Waals surface area contributed by atoms with E-state index >= 15 is 0 Å². The minimum absolute atomic E-state index is 0.322. The molecule has 4 heteroatoms. The summed E-state index contributed by atoms with van der Waals surface area (Å²) >= 11 is 7.25. The Morgan fingerprint density at radius 3 is 2.74 bits per heavy atom. The number of likely N-dealkylation sites (tertiary alicyclic amines) is 1. The Kier molecular flexibility index (Phi) is 3.87. The molecule has 1 aromatic carbocycles. The summed E-state index contributed by atoms with van der Waals surface area (Å²) < 4.78 is 1.16. The van der Waals surface area contributed by atoms with Crippen LogP contribution in [0.2, 0.25) is 0 Å². The largest absolute Gasteiger partial charge is 0.303 e. The second-order valence-electron chi connectivity index (χ2n) is 4.98. The molecule has 0 bridgehead atoms. The highest BCUT2D eigenvalue weighted by Gasteiger charge is 2.18. The van der Waals surface area contributed by atoms with Crippen LogP contribution in [0.5, 0.6) is 0 Å². The predicted molar refractivity (Wildman–Crippen MR) is 81.4 cm³/mol. The molecular weight excluding hydrogens is 278 g/mol. The van der Waals surface area contributed by atoms with Gasteiger partial charge in [-0.05, 0) is 61.0 Å². The lowest BCUT2D eigenvalue weighted by Gasteiger charge is -2.14. The summed E-state index contributed by atoms with van der Waals surface area (Å²) in [6.07, 6.45) is 3.51. The van der Waals surface area contributed by atoms with Crippen LogP contribution in [0.25, 0.3) is 10.1 Å². The summed E-state index contributed by atoms with van der Waals surface area (Å²) in [5.74, 6) is 0. The molecule has 1 aliphatic rings. The van der Waals surface area contributed by atoms with E-state index in [9.17, 15) is 4.79 Å². The maximum atomic E-state index is 11.6. The Balaban J connectivity index is 1.90. The number of benzene rings is 1. The van der Waals surface area contributed by atoms with Crippen LogP contribution in [0.3, 0.4) is 0 Å². The second-order valence-corrected chi connectivity index (χ2v) is 6.37. The molecule has 0 spiro atoms. The van der Waals surface area contributed by atoms with Crippen molar-refractivity contribution in [3.63, 3.8) is 0 Å². The highest BCUT2D eigenvalue weighted by molar-refractivity contribution is 7.22. The van der Waals surface area contributed by atoms with Crippen molar-refractivity contribution >= 4 is 38.3 Å². The van der Waals surface area contributed by atoms with E-state index < -0.39 is 0 Å². The van der Waals surface area contributed by atoms with Gasteiger partial charge in [-0.3, -0.25) is 4.79 Å². The predicted octanol–water partition coefficient (Wildman–Crippen LogP) is 3.92. The number of carbonyl (C=O) groups is 1. The van der Waals surface area contributed by atoms with Crippen LogP contribution >= 0.6 is 22.9 Å². The Morgan fingerprint density at radius 1 is 1.26 bits per heavy atom. The third-order valence-electron chi connectivity index (χ3n) is 3.75. The van der Waals surface area contributed by atoms with Crippen LogP contribution in [0.1, 0.15) is 28.1 Å². The van der Waals surface area contributed by atoms with E-state index in [-0.39, 0.29) is 5.24 Å². The normalized spacial score (nSPS) is 16.3. The van der Waals surface area contributed by atoms with Gasteiger partial charge in [0.05, 0.1) is 4.88 Å². The van der Waals surface area contributed by atoms with Crippen molar-refractivity contribution in [1.29, 1.82) is 0 Å². The molecule has 1 saturated heterocycles. The molecule has 0 N–H and O–H groups in total. The summed E-state index contributed by atoms with van der Waals surface area (Å²) in [5.41, 5.74) is 1.13. The number of fused-ring (bicyclic) bond motifs is 1. The summed E-state index contributed by atoms with van der Waals surface area (Å²) in [4.78, 5) is 14.8. The highest BCUT2D eigenvalue weighted by Crippen LogP contribution is 2.33. The SMILES string of the molecule is O=C(Cl)c1sc2ccccc2c1CCN1CCCC1. The maximum Gasteiger partial charge on any atom is 0.262 e. The molecule has 19 heavy (non-hydrogen) atoms. The van der Waals surface area contributed by atoms with Gasteiger partial charge in [-0.1, -0.05) is 18.2 Å². The molecule has 1 fully saturated rings. The minimum Gasteiger partial charge on any atom is -0.303 e. The Bertz CT molecular complexity index is 601. The van der Waals surface area contributed by atoms with Gasteiger partial charge in [0.2, 0.25) is 0 Å². The van der Waals surface area contributed by atoms with Gasteiger partial charge < -0.3 is 4.90 Å². The highest BCUT2D eigenvalue weighted by atomic mass is 35.5. The van der Waals surface area contributed by atoms with E-state index in [4.69, 9.17) is 11.6 Å². The number of hydrogen-bond acceptors (Lipinski definition) is 3. The maximum absolute atomic E-state index is 11.6. The fourth-order valence-corrected chi connectivity index (χ4v) is 4.09. The molecular formula is C15H16ClNOS. The van der Waals surface area contributed by atoms with Crippen molar-refractivity contribution in [3.05, 3.63) is 34.7 Å². The van der Waals surface area contributed by atoms with Gasteiger partial charge in [0.1, 0.15) is 0 Å². The first-order valence-corrected chi connectivity index (χ1v) is 7.88. The average Bonchev–Trinajstić information content (AvgIpc) is 3.03. The third-order valence-corrected chi connectivity index (χ3v) is 5.27. The number of halogens is 1. The standard InChI is InChI=1S/C15H16ClNOS/c16-15(18)14-12(7-10-17-8-3-4-9-17)11-5-1-2-6-13(11)19-14/h1-2,5-6H,3-4,7-10H2. The van der Waals surface area contributed by atoms with Gasteiger partial charge in [0, 0.05) is 11.2 Å². The van der Waals surface area contributed by atoms with E-state index in [1.807, 2.05) is 12.1 Å². The van der Waals surface area contributed by atoms with Crippen LogP contribution in [0, 0.1) is 0 Å². The zero-order valence-corrected chi connectivity index (χ0v) is 12.3. The fraction of sp³-hybridized carbons (Fsp3) is 0.400. The van der Waals surface area contributed by atoms with Crippen LogP contribution in [0.15, 0.2) is 24.3 Å². The van der Waals surface area contributed by atoms with Gasteiger partial charge in [-0.25, -0.2) is 0 Å². The minimum atomic E-state index is -0.322. The molecule has 100 valence electrons. The van der Waals surface area contributed by atoms with Crippen molar-refractivity contribution in [2.24, 2.45) is 0 Å². The molecule has 0 unspecified atom stereocenters. The molecule has 3 rings (SSSR count). The molecule has 0 radical (unpaired) electrons. The number of carbonyl (C=O) groups excluding carboxylic acids is 1. The van der Waals surface area contributed by atoms with Gasteiger partial charge >= 0.3 is 0 Å². The summed E-state index contributed by atoms with van der Waals surface area (Å²) in [6.45, 7) is 3.40. The van der Waals surface area contributed by atoms with Gasteiger partial charge in [0.25, 0.3) is 5.24 Å². The Labute approximate surface area is 122 Å². The third kappa shape index (κ3) is 2.69. The van der Waals surface area contributed by atoms with Crippen molar-refractivity contribution in [1.82, 2.24) is 4.90 Å². The van der Waals surface area contributed by atoms with E-state index in [1.54, 1.807) is 0 Å². The monoisotopic (exact) mass is 293 g/mol. The molecule has 2 aromatic rings. The summed E-state index contributed by atoms with van der Waals surface area (Å²) in [5, 5.41) is 0.869. The first-order valence-electron chi connectivity index (χ1n) is 6.68. The molecule has 1 aromatic heterocycles. The number of nitrogens with zero attached hydrogens (tertiary/aromatic N) is 1. The van der Waals surface area contributed by atoms with E-state index in [2.05, 4.69) is 17.0 Å². The molecule has 0 atom stereocenters. The molecule has 0 aliphatic carbocycles. The van der Waals surface area contributed by atoms with Crippen LogP contribution in [-0.4, -0.2) is 29.8 Å². The number of thiophene rings is 1. The summed E-state index contributed by atoms with van der Waals surface area (Å²) in [6, 6.07) is 8.18. The van der Waals surface area contributed by atoms with Gasteiger partial charge in [0.15, 0.2) is 0 Å².